The lowest BCUT2D eigenvalue weighted by molar-refractivity contribution is 0.608. The summed E-state index contributed by atoms with van der Waals surface area (Å²) in [4.78, 5) is 0. The van der Waals surface area contributed by atoms with Gasteiger partial charge in [-0.15, -0.1) is 10.2 Å². The molecule has 86 valence electrons. The monoisotopic (exact) mass is 283 g/mol. The van der Waals surface area contributed by atoms with E-state index in [1.807, 2.05) is 37.1 Å². The molecule has 0 spiro atoms. The highest BCUT2D eigenvalue weighted by Crippen LogP contribution is 2.20. The maximum absolute atomic E-state index is 4.44. The molecule has 5 nitrogen and oxygen atoms in total. The minimum Gasteiger partial charge on any atom is -0.317 e. The van der Waals surface area contributed by atoms with Crippen molar-refractivity contribution in [2.24, 2.45) is 7.05 Å². The van der Waals surface area contributed by atoms with Crippen molar-refractivity contribution in [3.8, 4) is 0 Å². The lowest BCUT2D eigenvalue weighted by Crippen LogP contribution is -2.09. The van der Waals surface area contributed by atoms with Gasteiger partial charge in [0.25, 0.3) is 0 Å². The number of aryl methyl sites for hydroxylation is 2. The summed E-state index contributed by atoms with van der Waals surface area (Å²) >= 11 is 3.51. The van der Waals surface area contributed by atoms with Crippen molar-refractivity contribution in [2.75, 3.05) is 0 Å². The quantitative estimate of drug-likeness (QED) is 0.844. The van der Waals surface area contributed by atoms with Crippen molar-refractivity contribution >= 4 is 15.9 Å². The first-order valence-corrected chi connectivity index (χ1v) is 5.84. The maximum atomic E-state index is 4.44. The average molecular weight is 284 g/mol. The highest BCUT2D eigenvalue weighted by Gasteiger charge is 2.12. The topological polar surface area (TPSA) is 48.5 Å². The van der Waals surface area contributed by atoms with Crippen LogP contribution in [0.1, 0.15) is 23.0 Å². The van der Waals surface area contributed by atoms with Gasteiger partial charge in [0.15, 0.2) is 5.82 Å². The number of hydrogen-bond donors (Lipinski definition) is 0. The first-order valence-electron chi connectivity index (χ1n) is 5.05. The fraction of sp³-hybridized carbons (Fsp3) is 0.500. The molecule has 0 N–H and O–H groups in total. The third kappa shape index (κ3) is 1.77. The van der Waals surface area contributed by atoms with E-state index in [0.717, 1.165) is 27.5 Å². The molecule has 6 heteroatoms. The Kier molecular flexibility index (Phi) is 2.84. The second-order valence-corrected chi connectivity index (χ2v) is 4.66. The third-order valence-corrected chi connectivity index (χ3v) is 3.91. The normalized spacial score (nSPS) is 11.1. The fourth-order valence-electron chi connectivity index (χ4n) is 1.55. The van der Waals surface area contributed by atoms with Crippen molar-refractivity contribution in [1.82, 2.24) is 24.5 Å². The summed E-state index contributed by atoms with van der Waals surface area (Å²) in [7, 11) is 1.96. The molecule has 0 unspecified atom stereocenters. The van der Waals surface area contributed by atoms with Gasteiger partial charge in [0.05, 0.1) is 15.9 Å². The SMILES string of the molecule is Cc1nn(Cc2nnc(C)n2C)c(C)c1Br. The van der Waals surface area contributed by atoms with Gasteiger partial charge in [-0.25, -0.2) is 0 Å². The van der Waals surface area contributed by atoms with Crippen molar-refractivity contribution in [1.29, 1.82) is 0 Å². The summed E-state index contributed by atoms with van der Waals surface area (Å²) in [5, 5.41) is 12.6. The molecule has 2 aromatic rings. The van der Waals surface area contributed by atoms with E-state index in [4.69, 9.17) is 0 Å². The van der Waals surface area contributed by atoms with Crippen LogP contribution in [-0.4, -0.2) is 24.5 Å². The fourth-order valence-corrected chi connectivity index (χ4v) is 1.84. The van der Waals surface area contributed by atoms with E-state index in [1.54, 1.807) is 0 Å². The highest BCUT2D eigenvalue weighted by atomic mass is 79.9. The molecule has 0 fully saturated rings. The first kappa shape index (κ1) is 11.3. The molecular weight excluding hydrogens is 270 g/mol. The molecule has 2 heterocycles. The van der Waals surface area contributed by atoms with Crippen molar-refractivity contribution in [3.05, 3.63) is 27.5 Å². The van der Waals surface area contributed by atoms with E-state index in [9.17, 15) is 0 Å². The zero-order valence-electron chi connectivity index (χ0n) is 9.82. The Morgan fingerprint density at radius 2 is 1.88 bits per heavy atom. The zero-order valence-corrected chi connectivity index (χ0v) is 11.4. The molecular formula is C10H14BrN5. The second-order valence-electron chi connectivity index (χ2n) is 3.86. The van der Waals surface area contributed by atoms with Crippen LogP contribution in [0.4, 0.5) is 0 Å². The number of rotatable bonds is 2. The molecule has 0 aliphatic heterocycles. The van der Waals surface area contributed by atoms with Crippen molar-refractivity contribution in [3.63, 3.8) is 0 Å². The standard InChI is InChI=1S/C10H14BrN5/c1-6-10(11)7(2)16(14-6)5-9-13-12-8(3)15(9)4/h5H2,1-4H3. The number of aromatic nitrogens is 5. The lowest BCUT2D eigenvalue weighted by Gasteiger charge is -2.04. The van der Waals surface area contributed by atoms with Crippen LogP contribution in [-0.2, 0) is 13.6 Å². The molecule has 16 heavy (non-hydrogen) atoms. The van der Waals surface area contributed by atoms with E-state index in [2.05, 4.69) is 31.2 Å². The highest BCUT2D eigenvalue weighted by molar-refractivity contribution is 9.10. The Morgan fingerprint density at radius 1 is 1.19 bits per heavy atom. The van der Waals surface area contributed by atoms with E-state index in [1.165, 1.54) is 0 Å². The molecule has 0 bridgehead atoms. The van der Waals surface area contributed by atoms with Gasteiger partial charge in [0.2, 0.25) is 0 Å². The largest absolute Gasteiger partial charge is 0.317 e. The van der Waals surface area contributed by atoms with Crippen molar-refractivity contribution < 1.29 is 0 Å². The Labute approximate surface area is 103 Å². The predicted octanol–water partition coefficient (Wildman–Crippen LogP) is 1.75. The summed E-state index contributed by atoms with van der Waals surface area (Å²) in [6.45, 7) is 6.60. The summed E-state index contributed by atoms with van der Waals surface area (Å²) < 4.78 is 4.97. The molecule has 0 amide bonds. The van der Waals surface area contributed by atoms with E-state index in [0.29, 0.717) is 6.54 Å². The van der Waals surface area contributed by atoms with E-state index in [-0.39, 0.29) is 0 Å². The number of hydrogen-bond acceptors (Lipinski definition) is 3. The van der Waals surface area contributed by atoms with Gasteiger partial charge < -0.3 is 4.57 Å². The van der Waals surface area contributed by atoms with Gasteiger partial charge in [-0.05, 0) is 36.7 Å². The second kappa shape index (κ2) is 4.01. The van der Waals surface area contributed by atoms with Crippen molar-refractivity contribution in [2.45, 2.75) is 27.3 Å². The Balaban J connectivity index is 2.34. The minimum absolute atomic E-state index is 0.648. The van der Waals surface area contributed by atoms with Crippen LogP contribution in [0, 0.1) is 20.8 Å². The van der Waals surface area contributed by atoms with Gasteiger partial charge in [-0.1, -0.05) is 0 Å². The van der Waals surface area contributed by atoms with Crippen LogP contribution >= 0.6 is 15.9 Å². The number of nitrogens with zero attached hydrogens (tertiary/aromatic N) is 5. The zero-order chi connectivity index (χ0) is 11.9. The van der Waals surface area contributed by atoms with Gasteiger partial charge >= 0.3 is 0 Å². The average Bonchev–Trinajstić information content (AvgIpc) is 2.68. The number of halogens is 1. The van der Waals surface area contributed by atoms with E-state index >= 15 is 0 Å². The Morgan fingerprint density at radius 3 is 2.31 bits per heavy atom. The minimum atomic E-state index is 0.648. The van der Waals surface area contributed by atoms with Gasteiger partial charge in [-0.2, -0.15) is 5.10 Å². The van der Waals surface area contributed by atoms with Crippen LogP contribution < -0.4 is 0 Å². The molecule has 2 aromatic heterocycles. The Bertz CT molecular complexity index is 526. The van der Waals surface area contributed by atoms with Gasteiger partial charge in [-0.3, -0.25) is 4.68 Å². The van der Waals surface area contributed by atoms with Crippen LogP contribution in [0.5, 0.6) is 0 Å². The maximum Gasteiger partial charge on any atom is 0.154 e. The van der Waals surface area contributed by atoms with Crippen LogP contribution in [0.2, 0.25) is 0 Å². The smallest absolute Gasteiger partial charge is 0.154 e. The molecule has 0 aliphatic rings. The predicted molar refractivity (Wildman–Crippen MR) is 64.2 cm³/mol. The Hall–Kier alpha value is -1.17. The van der Waals surface area contributed by atoms with Crippen LogP contribution in [0.15, 0.2) is 4.47 Å². The first-order chi connectivity index (χ1) is 7.50. The van der Waals surface area contributed by atoms with Crippen LogP contribution in [0.25, 0.3) is 0 Å². The molecule has 0 atom stereocenters. The molecule has 2 rings (SSSR count). The molecule has 0 aromatic carbocycles. The van der Waals surface area contributed by atoms with E-state index < -0.39 is 0 Å². The molecule has 0 saturated carbocycles. The summed E-state index contributed by atoms with van der Waals surface area (Å²) in [5.41, 5.74) is 2.11. The lowest BCUT2D eigenvalue weighted by atomic mass is 10.4. The van der Waals surface area contributed by atoms with Gasteiger partial charge in [0.1, 0.15) is 12.4 Å². The summed E-state index contributed by atoms with van der Waals surface area (Å²) in [6, 6.07) is 0. The summed E-state index contributed by atoms with van der Waals surface area (Å²) in [6.07, 6.45) is 0. The summed E-state index contributed by atoms with van der Waals surface area (Å²) in [5.74, 6) is 1.83. The molecule has 0 aliphatic carbocycles. The molecule has 0 saturated heterocycles. The van der Waals surface area contributed by atoms with Gasteiger partial charge in [0, 0.05) is 7.05 Å². The third-order valence-electron chi connectivity index (χ3n) is 2.77. The molecule has 0 radical (unpaired) electrons. The van der Waals surface area contributed by atoms with Crippen LogP contribution in [0.3, 0.4) is 0 Å².